The lowest BCUT2D eigenvalue weighted by molar-refractivity contribution is -0.184. The molecule has 5 nitrogen and oxygen atoms in total. The molecule has 2 saturated heterocycles. The van der Waals surface area contributed by atoms with Crippen LogP contribution in [0.5, 0.6) is 0 Å². The van der Waals surface area contributed by atoms with E-state index in [1.165, 1.54) is 0 Å². The zero-order valence-corrected chi connectivity index (χ0v) is 13.5. The normalized spacial score (nSPS) is 24.8. The third-order valence-corrected chi connectivity index (χ3v) is 5.05. The van der Waals surface area contributed by atoms with Crippen molar-refractivity contribution in [2.75, 3.05) is 20.2 Å². The molecular weight excluding hydrogens is 329 g/mol. The van der Waals surface area contributed by atoms with Gasteiger partial charge in [-0.3, -0.25) is 9.59 Å². The van der Waals surface area contributed by atoms with Crippen LogP contribution >= 0.6 is 23.2 Å². The van der Waals surface area contributed by atoms with Crippen molar-refractivity contribution >= 4 is 35.0 Å². The fourth-order valence-electron chi connectivity index (χ4n) is 3.03. The molecule has 2 aliphatic heterocycles. The SMILES string of the molecule is CON1CCC2(CC1)OC(=O)C(c1ccc(Cl)c(Cl)c1)C2=O. The highest BCUT2D eigenvalue weighted by molar-refractivity contribution is 6.42. The minimum Gasteiger partial charge on any atom is -0.450 e. The van der Waals surface area contributed by atoms with Gasteiger partial charge < -0.3 is 9.57 Å². The van der Waals surface area contributed by atoms with Crippen LogP contribution in [-0.2, 0) is 19.2 Å². The number of halogens is 2. The molecule has 2 heterocycles. The minimum atomic E-state index is -1.04. The number of ether oxygens (including phenoxy) is 1. The van der Waals surface area contributed by atoms with Crippen molar-refractivity contribution < 1.29 is 19.2 Å². The van der Waals surface area contributed by atoms with Crippen LogP contribution in [0, 0.1) is 0 Å². The van der Waals surface area contributed by atoms with Gasteiger partial charge in [-0.2, -0.15) is 5.06 Å². The van der Waals surface area contributed by atoms with E-state index in [0.717, 1.165) is 0 Å². The van der Waals surface area contributed by atoms with E-state index in [1.54, 1.807) is 30.4 Å². The Kier molecular flexibility index (Phi) is 4.16. The van der Waals surface area contributed by atoms with Gasteiger partial charge in [0.1, 0.15) is 5.92 Å². The third kappa shape index (κ3) is 2.52. The molecule has 1 aromatic carbocycles. The van der Waals surface area contributed by atoms with Gasteiger partial charge in [-0.1, -0.05) is 29.3 Å². The van der Waals surface area contributed by atoms with Crippen LogP contribution in [0.3, 0.4) is 0 Å². The molecule has 118 valence electrons. The summed E-state index contributed by atoms with van der Waals surface area (Å²) in [5, 5.41) is 2.45. The number of Topliss-reactive ketones (excluding diaryl/α,β-unsaturated/α-hetero) is 1. The second-order valence-electron chi connectivity index (χ2n) is 5.50. The highest BCUT2D eigenvalue weighted by Crippen LogP contribution is 2.41. The lowest BCUT2D eigenvalue weighted by Crippen LogP contribution is -2.48. The van der Waals surface area contributed by atoms with E-state index in [0.29, 0.717) is 41.5 Å². The first-order valence-corrected chi connectivity index (χ1v) is 7.73. The molecule has 0 radical (unpaired) electrons. The molecule has 0 saturated carbocycles. The average Bonchev–Trinajstić information content (AvgIpc) is 2.74. The van der Waals surface area contributed by atoms with Crippen LogP contribution < -0.4 is 0 Å². The summed E-state index contributed by atoms with van der Waals surface area (Å²) in [4.78, 5) is 30.2. The summed E-state index contributed by atoms with van der Waals surface area (Å²) in [6, 6.07) is 4.77. The van der Waals surface area contributed by atoms with Gasteiger partial charge in [0.05, 0.1) is 17.2 Å². The first-order chi connectivity index (χ1) is 10.5. The second kappa shape index (κ2) is 5.81. The van der Waals surface area contributed by atoms with Crippen LogP contribution in [0.2, 0.25) is 10.0 Å². The topological polar surface area (TPSA) is 55.8 Å². The first-order valence-electron chi connectivity index (χ1n) is 6.98. The lowest BCUT2D eigenvalue weighted by Gasteiger charge is -2.35. The number of ketones is 1. The summed E-state index contributed by atoms with van der Waals surface area (Å²) in [6.07, 6.45) is 0.868. The van der Waals surface area contributed by atoms with E-state index in [9.17, 15) is 9.59 Å². The Morgan fingerprint density at radius 1 is 1.23 bits per heavy atom. The molecule has 0 bridgehead atoms. The Morgan fingerprint density at radius 2 is 1.91 bits per heavy atom. The minimum absolute atomic E-state index is 0.202. The smallest absolute Gasteiger partial charge is 0.322 e. The molecule has 1 atom stereocenters. The van der Waals surface area contributed by atoms with E-state index < -0.39 is 17.5 Å². The number of hydrogen-bond acceptors (Lipinski definition) is 5. The number of hydrogen-bond donors (Lipinski definition) is 0. The van der Waals surface area contributed by atoms with E-state index >= 15 is 0 Å². The Balaban J connectivity index is 1.87. The molecular formula is C15H15Cl2NO4. The van der Waals surface area contributed by atoms with E-state index in [2.05, 4.69) is 0 Å². The molecule has 1 aromatic rings. The van der Waals surface area contributed by atoms with Crippen LogP contribution in [0.4, 0.5) is 0 Å². The molecule has 0 amide bonds. The monoisotopic (exact) mass is 343 g/mol. The number of carbonyl (C=O) groups excluding carboxylic acids is 2. The van der Waals surface area contributed by atoms with Crippen molar-refractivity contribution in [1.82, 2.24) is 5.06 Å². The summed E-state index contributed by atoms with van der Waals surface area (Å²) in [6.45, 7) is 1.09. The van der Waals surface area contributed by atoms with Gasteiger partial charge in [0.25, 0.3) is 0 Å². The quantitative estimate of drug-likeness (QED) is 0.610. The van der Waals surface area contributed by atoms with E-state index in [-0.39, 0.29) is 5.78 Å². The van der Waals surface area contributed by atoms with Gasteiger partial charge >= 0.3 is 5.97 Å². The molecule has 0 N–H and O–H groups in total. The van der Waals surface area contributed by atoms with Crippen molar-refractivity contribution in [2.45, 2.75) is 24.4 Å². The van der Waals surface area contributed by atoms with Crippen molar-refractivity contribution in [3.8, 4) is 0 Å². The number of carbonyl (C=O) groups is 2. The summed E-state index contributed by atoms with van der Waals surface area (Å²) in [7, 11) is 1.58. The number of piperidine rings is 1. The highest BCUT2D eigenvalue weighted by Gasteiger charge is 2.56. The van der Waals surface area contributed by atoms with Crippen LogP contribution in [0.1, 0.15) is 24.3 Å². The number of hydroxylamine groups is 2. The number of nitrogens with zero attached hydrogens (tertiary/aromatic N) is 1. The van der Waals surface area contributed by atoms with Gasteiger partial charge in [-0.05, 0) is 17.7 Å². The third-order valence-electron chi connectivity index (χ3n) is 4.31. The van der Waals surface area contributed by atoms with Gasteiger partial charge in [0, 0.05) is 25.9 Å². The summed E-state index contributed by atoms with van der Waals surface area (Å²) >= 11 is 11.9. The maximum atomic E-state index is 12.8. The predicted molar refractivity (Wildman–Crippen MR) is 80.8 cm³/mol. The van der Waals surface area contributed by atoms with Crippen LogP contribution in [0.15, 0.2) is 18.2 Å². The number of esters is 1. The predicted octanol–water partition coefficient (Wildman–Crippen LogP) is 2.60. The van der Waals surface area contributed by atoms with Crippen LogP contribution in [-0.4, -0.2) is 42.6 Å². The molecule has 1 unspecified atom stereocenters. The largest absolute Gasteiger partial charge is 0.450 e. The molecule has 0 aromatic heterocycles. The molecule has 2 fully saturated rings. The lowest BCUT2D eigenvalue weighted by atomic mass is 9.82. The molecule has 7 heteroatoms. The van der Waals surface area contributed by atoms with Crippen molar-refractivity contribution in [3.63, 3.8) is 0 Å². The van der Waals surface area contributed by atoms with Gasteiger partial charge in [0.15, 0.2) is 11.4 Å². The maximum Gasteiger partial charge on any atom is 0.322 e. The Morgan fingerprint density at radius 3 is 2.50 bits per heavy atom. The number of benzene rings is 1. The molecule has 1 spiro atoms. The van der Waals surface area contributed by atoms with Crippen molar-refractivity contribution in [3.05, 3.63) is 33.8 Å². The maximum absolute atomic E-state index is 12.8. The molecule has 0 aliphatic carbocycles. The Labute approximate surface area is 138 Å². The van der Waals surface area contributed by atoms with Crippen molar-refractivity contribution in [2.24, 2.45) is 0 Å². The van der Waals surface area contributed by atoms with Gasteiger partial charge in [-0.15, -0.1) is 0 Å². The fourth-order valence-corrected chi connectivity index (χ4v) is 3.34. The molecule has 2 aliphatic rings. The summed E-state index contributed by atoms with van der Waals surface area (Å²) in [5.41, 5.74) is -0.515. The average molecular weight is 344 g/mol. The van der Waals surface area contributed by atoms with Crippen LogP contribution in [0.25, 0.3) is 0 Å². The standard InChI is InChI=1S/C15H15Cl2NO4/c1-21-18-6-4-15(5-7-18)13(19)12(14(20)22-15)9-2-3-10(16)11(17)8-9/h2-3,8,12H,4-7H2,1H3. The Hall–Kier alpha value is -1.14. The molecule has 3 rings (SSSR count). The zero-order valence-electron chi connectivity index (χ0n) is 12.0. The first kappa shape index (κ1) is 15.7. The van der Waals surface area contributed by atoms with Gasteiger partial charge in [0.2, 0.25) is 0 Å². The highest BCUT2D eigenvalue weighted by atomic mass is 35.5. The Bertz CT molecular complexity index is 626. The molecule has 22 heavy (non-hydrogen) atoms. The van der Waals surface area contributed by atoms with Gasteiger partial charge in [-0.25, -0.2) is 0 Å². The number of rotatable bonds is 2. The second-order valence-corrected chi connectivity index (χ2v) is 6.31. The zero-order chi connectivity index (χ0) is 15.9. The fraction of sp³-hybridized carbons (Fsp3) is 0.467. The van der Waals surface area contributed by atoms with E-state index in [4.69, 9.17) is 32.8 Å². The summed E-state index contributed by atoms with van der Waals surface area (Å²) in [5.74, 6) is -1.65. The van der Waals surface area contributed by atoms with E-state index in [1.807, 2.05) is 0 Å². The summed E-state index contributed by atoms with van der Waals surface area (Å²) < 4.78 is 5.49. The van der Waals surface area contributed by atoms with Crippen molar-refractivity contribution in [1.29, 1.82) is 0 Å².